The van der Waals surface area contributed by atoms with Crippen molar-refractivity contribution in [3.63, 3.8) is 0 Å². The quantitative estimate of drug-likeness (QED) is 0.747. The molecule has 0 aliphatic rings. The van der Waals surface area contributed by atoms with Gasteiger partial charge in [-0.25, -0.2) is 15.0 Å². The Morgan fingerprint density at radius 2 is 2.04 bits per heavy atom. The van der Waals surface area contributed by atoms with Crippen molar-refractivity contribution in [3.05, 3.63) is 47.2 Å². The van der Waals surface area contributed by atoms with Gasteiger partial charge in [0.15, 0.2) is 0 Å². The molecule has 2 aromatic rings. The lowest BCUT2D eigenvalue weighted by Gasteiger charge is -2.28. The lowest BCUT2D eigenvalue weighted by Crippen LogP contribution is -2.31. The Balaban J connectivity index is 2.16. The third kappa shape index (κ3) is 5.25. The molecule has 2 rings (SSSR count). The van der Waals surface area contributed by atoms with Gasteiger partial charge in [-0.3, -0.25) is 4.79 Å². The molecule has 6 nitrogen and oxygen atoms in total. The highest BCUT2D eigenvalue weighted by atomic mass is 16.1. The molecule has 0 aliphatic carbocycles. The lowest BCUT2D eigenvalue weighted by atomic mass is 10.1. The third-order valence-electron chi connectivity index (χ3n) is 4.64. The fraction of sp³-hybridized carbons (Fsp3) is 0.500. The minimum absolute atomic E-state index is 0.299. The molecular formula is C20H29N5O. The second-order valence-corrected chi connectivity index (χ2v) is 6.75. The predicted octanol–water partition coefficient (Wildman–Crippen LogP) is 3.08. The molecule has 140 valence electrons. The van der Waals surface area contributed by atoms with Crippen LogP contribution >= 0.6 is 0 Å². The molecule has 1 amide bonds. The number of hydrogen-bond acceptors (Lipinski definition) is 5. The van der Waals surface area contributed by atoms with Gasteiger partial charge in [-0.1, -0.05) is 25.8 Å². The summed E-state index contributed by atoms with van der Waals surface area (Å²) in [4.78, 5) is 26.9. The smallest absolute Gasteiger partial charge is 0.267 e. The van der Waals surface area contributed by atoms with E-state index in [1.54, 1.807) is 6.07 Å². The first-order valence-electron chi connectivity index (χ1n) is 9.23. The second kappa shape index (κ2) is 9.27. The predicted molar refractivity (Wildman–Crippen MR) is 104 cm³/mol. The number of unbranched alkanes of at least 4 members (excludes halogenated alkanes) is 1. The van der Waals surface area contributed by atoms with Gasteiger partial charge in [-0.05, 0) is 45.2 Å². The number of carbonyl (C=O) groups excluding carboxylic acids is 1. The van der Waals surface area contributed by atoms with E-state index in [4.69, 9.17) is 5.73 Å². The van der Waals surface area contributed by atoms with E-state index in [1.165, 1.54) is 12.8 Å². The molecule has 0 saturated heterocycles. The Labute approximate surface area is 155 Å². The zero-order chi connectivity index (χ0) is 19.1. The van der Waals surface area contributed by atoms with Crippen LogP contribution in [0.5, 0.6) is 0 Å². The maximum Gasteiger partial charge on any atom is 0.267 e. The van der Waals surface area contributed by atoms with Gasteiger partial charge in [0.25, 0.3) is 5.91 Å². The zero-order valence-corrected chi connectivity index (χ0v) is 16.2. The molecule has 2 aromatic heterocycles. The lowest BCUT2D eigenvalue weighted by molar-refractivity contribution is 0.0995. The van der Waals surface area contributed by atoms with Crippen molar-refractivity contribution < 1.29 is 4.79 Å². The first-order chi connectivity index (χ1) is 12.4. The summed E-state index contributed by atoms with van der Waals surface area (Å²) >= 11 is 0. The summed E-state index contributed by atoms with van der Waals surface area (Å²) in [6, 6.07) is 5.78. The molecule has 0 fully saturated rings. The minimum atomic E-state index is -0.504. The Morgan fingerprint density at radius 1 is 1.27 bits per heavy atom. The van der Waals surface area contributed by atoms with Crippen molar-refractivity contribution in [2.24, 2.45) is 5.73 Å². The van der Waals surface area contributed by atoms with Gasteiger partial charge in [0.2, 0.25) is 0 Å². The second-order valence-electron chi connectivity index (χ2n) is 6.75. The van der Waals surface area contributed by atoms with Crippen molar-refractivity contribution in [2.45, 2.75) is 58.9 Å². The van der Waals surface area contributed by atoms with Crippen LogP contribution in [0.3, 0.4) is 0 Å². The number of aryl methyl sites for hydroxylation is 3. The van der Waals surface area contributed by atoms with Crippen LogP contribution in [-0.2, 0) is 12.8 Å². The van der Waals surface area contributed by atoms with Crippen molar-refractivity contribution in [2.75, 3.05) is 11.9 Å². The number of nitrogens with two attached hydrogens (primary N) is 1. The van der Waals surface area contributed by atoms with E-state index in [0.29, 0.717) is 18.2 Å². The summed E-state index contributed by atoms with van der Waals surface area (Å²) in [6.45, 7) is 6.35. The number of rotatable bonds is 9. The van der Waals surface area contributed by atoms with E-state index in [1.807, 2.05) is 25.3 Å². The molecule has 2 heterocycles. The van der Waals surface area contributed by atoms with E-state index >= 15 is 0 Å². The van der Waals surface area contributed by atoms with Crippen molar-refractivity contribution in [1.82, 2.24) is 15.0 Å². The highest BCUT2D eigenvalue weighted by molar-refractivity contribution is 5.90. The summed E-state index contributed by atoms with van der Waals surface area (Å²) in [5.41, 5.74) is 7.55. The first kappa shape index (κ1) is 19.8. The van der Waals surface area contributed by atoms with Crippen LogP contribution in [0.4, 0.5) is 5.82 Å². The van der Waals surface area contributed by atoms with Gasteiger partial charge < -0.3 is 10.6 Å². The summed E-state index contributed by atoms with van der Waals surface area (Å²) < 4.78 is 0. The Bertz CT molecular complexity index is 747. The van der Waals surface area contributed by atoms with Crippen LogP contribution in [0.1, 0.15) is 60.7 Å². The average molecular weight is 355 g/mol. The minimum Gasteiger partial charge on any atom is -0.364 e. The molecule has 1 atom stereocenters. The fourth-order valence-corrected chi connectivity index (χ4v) is 2.89. The molecule has 0 bridgehead atoms. The molecule has 2 N–H and O–H groups in total. The van der Waals surface area contributed by atoms with Crippen molar-refractivity contribution in [3.8, 4) is 0 Å². The normalized spacial score (nSPS) is 12.0. The molecule has 0 radical (unpaired) electrons. The standard InChI is InChI=1S/C20H29N5O/c1-5-6-8-14(2)25(4)20-16(13-22-15(3)23-20)11-12-17-9-7-10-18(24-17)19(21)26/h7,9-10,13-14H,5-6,8,11-12H2,1-4H3,(H2,21,26). The number of anilines is 1. The number of primary amides is 1. The van der Waals surface area contributed by atoms with Gasteiger partial charge in [0, 0.05) is 30.5 Å². The summed E-state index contributed by atoms with van der Waals surface area (Å²) in [7, 11) is 2.09. The van der Waals surface area contributed by atoms with E-state index in [0.717, 1.165) is 35.7 Å². The SMILES string of the molecule is CCCCC(C)N(C)c1nc(C)ncc1CCc1cccc(C(N)=O)n1. The number of nitrogens with zero attached hydrogens (tertiary/aromatic N) is 4. The fourth-order valence-electron chi connectivity index (χ4n) is 2.89. The molecule has 0 saturated carbocycles. The van der Waals surface area contributed by atoms with E-state index in [9.17, 15) is 4.79 Å². The van der Waals surface area contributed by atoms with Crippen molar-refractivity contribution in [1.29, 1.82) is 0 Å². The van der Waals surface area contributed by atoms with Gasteiger partial charge in [-0.2, -0.15) is 0 Å². The average Bonchev–Trinajstić information content (AvgIpc) is 2.64. The van der Waals surface area contributed by atoms with Gasteiger partial charge in [0.1, 0.15) is 17.3 Å². The van der Waals surface area contributed by atoms with E-state index < -0.39 is 5.91 Å². The summed E-state index contributed by atoms with van der Waals surface area (Å²) in [6.07, 6.45) is 6.90. The van der Waals surface area contributed by atoms with Crippen molar-refractivity contribution >= 4 is 11.7 Å². The third-order valence-corrected chi connectivity index (χ3v) is 4.64. The monoisotopic (exact) mass is 355 g/mol. The maximum absolute atomic E-state index is 11.3. The maximum atomic E-state index is 11.3. The number of pyridine rings is 1. The largest absolute Gasteiger partial charge is 0.364 e. The molecule has 6 heteroatoms. The van der Waals surface area contributed by atoms with Crippen LogP contribution in [-0.4, -0.2) is 33.9 Å². The molecule has 0 aromatic carbocycles. The van der Waals surface area contributed by atoms with Gasteiger partial charge >= 0.3 is 0 Å². The summed E-state index contributed by atoms with van der Waals surface area (Å²) in [5, 5.41) is 0. The Morgan fingerprint density at radius 3 is 2.73 bits per heavy atom. The van der Waals surface area contributed by atoms with Crippen LogP contribution < -0.4 is 10.6 Å². The summed E-state index contributed by atoms with van der Waals surface area (Å²) in [5.74, 6) is 1.25. The molecule has 1 unspecified atom stereocenters. The number of aromatic nitrogens is 3. The molecular weight excluding hydrogens is 326 g/mol. The first-order valence-corrected chi connectivity index (χ1v) is 9.23. The Hall–Kier alpha value is -2.50. The zero-order valence-electron chi connectivity index (χ0n) is 16.2. The van der Waals surface area contributed by atoms with E-state index in [2.05, 4.69) is 40.7 Å². The molecule has 0 spiro atoms. The number of carbonyl (C=O) groups is 1. The van der Waals surface area contributed by atoms with E-state index in [-0.39, 0.29) is 0 Å². The highest BCUT2D eigenvalue weighted by Crippen LogP contribution is 2.22. The van der Waals surface area contributed by atoms with Crippen LogP contribution in [0.2, 0.25) is 0 Å². The topological polar surface area (TPSA) is 85.0 Å². The van der Waals surface area contributed by atoms with Gasteiger partial charge in [0.05, 0.1) is 0 Å². The van der Waals surface area contributed by atoms with Crippen LogP contribution in [0, 0.1) is 6.92 Å². The highest BCUT2D eigenvalue weighted by Gasteiger charge is 2.16. The van der Waals surface area contributed by atoms with Gasteiger partial charge in [-0.15, -0.1) is 0 Å². The Kier molecular flexibility index (Phi) is 7.06. The molecule has 0 aliphatic heterocycles. The van der Waals surface area contributed by atoms with Crippen LogP contribution in [0.25, 0.3) is 0 Å². The number of hydrogen-bond donors (Lipinski definition) is 1. The van der Waals surface area contributed by atoms with Crippen LogP contribution in [0.15, 0.2) is 24.4 Å². The molecule has 26 heavy (non-hydrogen) atoms. The number of amides is 1.